The van der Waals surface area contributed by atoms with E-state index in [1.165, 1.54) is 33.9 Å². The minimum Gasteiger partial charge on any atom is -0.506 e. The number of allylic oxidation sites excluding steroid dienone is 2. The monoisotopic (exact) mass is 842 g/mol. The normalized spacial score (nSPS) is 15.4. The van der Waals surface area contributed by atoms with Crippen LogP contribution in [0.2, 0.25) is 0 Å². The van der Waals surface area contributed by atoms with Gasteiger partial charge in [0.2, 0.25) is 5.60 Å². The molecule has 12 nitrogen and oxygen atoms in total. The number of aromatic hydroxyl groups is 1. The van der Waals surface area contributed by atoms with Gasteiger partial charge in [-0.15, -0.1) is 0 Å². The molecule has 0 saturated heterocycles. The first-order valence-corrected chi connectivity index (χ1v) is 17.2. The predicted molar refractivity (Wildman–Crippen MR) is 196 cm³/mol. The van der Waals surface area contributed by atoms with E-state index in [4.69, 9.17) is 18.9 Å². The van der Waals surface area contributed by atoms with Crippen LogP contribution in [0.1, 0.15) is 82.5 Å². The fraction of sp³-hybridized carbons (Fsp3) is 0.289. The topological polar surface area (TPSA) is 183 Å². The second-order valence-corrected chi connectivity index (χ2v) is 14.0. The number of ketones is 1. The third-order valence-electron chi connectivity index (χ3n) is 9.43. The lowest BCUT2D eigenvalue weighted by molar-refractivity contribution is -0.151. The van der Waals surface area contributed by atoms with Crippen molar-refractivity contribution in [3.63, 3.8) is 0 Å². The Bertz CT molecular complexity index is 2140. The molecule has 0 saturated carbocycles. The highest BCUT2D eigenvalue weighted by atomic mass is 79.9. The smallest absolute Gasteiger partial charge is 0.356 e. The van der Waals surface area contributed by atoms with Crippen LogP contribution in [0, 0.1) is 55.4 Å². The number of hydrogen-bond donors (Lipinski definition) is 3. The van der Waals surface area contributed by atoms with Crippen LogP contribution in [0.3, 0.4) is 0 Å². The van der Waals surface area contributed by atoms with Crippen molar-refractivity contribution in [3.8, 4) is 23.0 Å². The van der Waals surface area contributed by atoms with E-state index in [1.807, 2.05) is 0 Å². The average Bonchev–Trinajstić information content (AvgIpc) is 3.07. The highest BCUT2D eigenvalue weighted by molar-refractivity contribution is 9.11. The Kier molecular flexibility index (Phi) is 11.3. The van der Waals surface area contributed by atoms with Crippen LogP contribution in [0.25, 0.3) is 0 Å². The second kappa shape index (κ2) is 14.7. The number of carboxylic acids is 1. The summed E-state index contributed by atoms with van der Waals surface area (Å²) in [5, 5.41) is 32.1. The summed E-state index contributed by atoms with van der Waals surface area (Å²) in [4.78, 5) is 64.4. The van der Waals surface area contributed by atoms with Crippen molar-refractivity contribution in [3.05, 3.63) is 99.7 Å². The lowest BCUT2D eigenvalue weighted by atomic mass is 9.87. The van der Waals surface area contributed by atoms with Crippen LogP contribution in [0.4, 0.5) is 0 Å². The Labute approximate surface area is 316 Å². The Morgan fingerprint density at radius 1 is 0.673 bits per heavy atom. The van der Waals surface area contributed by atoms with Crippen molar-refractivity contribution in [1.29, 1.82) is 0 Å². The second-order valence-electron chi connectivity index (χ2n) is 12.5. The molecule has 3 aromatic carbocycles. The van der Waals surface area contributed by atoms with Crippen molar-refractivity contribution in [2.45, 2.75) is 67.9 Å². The van der Waals surface area contributed by atoms with Crippen LogP contribution >= 0.6 is 31.9 Å². The van der Waals surface area contributed by atoms with Gasteiger partial charge in [-0.25, -0.2) is 19.2 Å². The number of esters is 3. The maximum absolute atomic E-state index is 13.6. The van der Waals surface area contributed by atoms with Crippen molar-refractivity contribution in [1.82, 2.24) is 0 Å². The summed E-state index contributed by atoms with van der Waals surface area (Å²) in [6.45, 7) is 14.3. The van der Waals surface area contributed by atoms with Crippen molar-refractivity contribution < 1.29 is 58.2 Å². The van der Waals surface area contributed by atoms with E-state index in [9.17, 15) is 39.3 Å². The molecule has 52 heavy (non-hydrogen) atoms. The van der Waals surface area contributed by atoms with Crippen LogP contribution in [0.15, 0.2) is 38.5 Å². The van der Waals surface area contributed by atoms with Crippen molar-refractivity contribution >= 4 is 61.5 Å². The molecular weight excluding hydrogens is 808 g/mol. The average molecular weight is 845 g/mol. The summed E-state index contributed by atoms with van der Waals surface area (Å²) in [7, 11) is 1.18. The van der Waals surface area contributed by atoms with E-state index < -0.39 is 41.0 Å². The number of aromatic carboxylic acids is 1. The number of benzene rings is 3. The van der Waals surface area contributed by atoms with Gasteiger partial charge < -0.3 is 34.3 Å². The van der Waals surface area contributed by atoms with Gasteiger partial charge in [0, 0.05) is 16.1 Å². The zero-order valence-electron chi connectivity index (χ0n) is 30.0. The molecule has 0 unspecified atom stereocenters. The Morgan fingerprint density at radius 3 is 1.79 bits per heavy atom. The van der Waals surface area contributed by atoms with E-state index in [0.717, 1.165) is 12.2 Å². The molecule has 0 radical (unpaired) electrons. The highest BCUT2D eigenvalue weighted by Crippen LogP contribution is 2.44. The van der Waals surface area contributed by atoms with Gasteiger partial charge in [-0.3, -0.25) is 4.79 Å². The Balaban J connectivity index is 1.66. The van der Waals surface area contributed by atoms with Gasteiger partial charge in [0.1, 0.15) is 33.0 Å². The summed E-state index contributed by atoms with van der Waals surface area (Å²) >= 11 is 6.53. The predicted octanol–water partition coefficient (Wildman–Crippen LogP) is 7.22. The molecule has 0 aliphatic heterocycles. The summed E-state index contributed by atoms with van der Waals surface area (Å²) in [5.41, 5.74) is 0.698. The number of carbonyl (C=O) groups excluding carboxylic acids is 4. The molecular formula is C38H36Br2O12. The number of phenols is 1. The third-order valence-corrected chi connectivity index (χ3v) is 11.2. The molecule has 4 rings (SSSR count). The van der Waals surface area contributed by atoms with Gasteiger partial charge in [0.15, 0.2) is 11.5 Å². The quantitative estimate of drug-likeness (QED) is 0.153. The van der Waals surface area contributed by atoms with Crippen molar-refractivity contribution in [2.24, 2.45) is 0 Å². The molecule has 1 atom stereocenters. The Morgan fingerprint density at radius 2 is 1.21 bits per heavy atom. The molecule has 274 valence electrons. The molecule has 3 N–H and O–H groups in total. The number of hydrogen-bond acceptors (Lipinski definition) is 11. The van der Waals surface area contributed by atoms with E-state index in [2.05, 4.69) is 31.9 Å². The van der Waals surface area contributed by atoms with Gasteiger partial charge >= 0.3 is 23.9 Å². The number of methoxy groups -OCH3 is 1. The van der Waals surface area contributed by atoms with Gasteiger partial charge in [-0.1, -0.05) is 0 Å². The molecule has 14 heteroatoms. The number of aliphatic hydroxyl groups is 1. The molecule has 0 heterocycles. The fourth-order valence-electron chi connectivity index (χ4n) is 5.97. The molecule has 0 bridgehead atoms. The zero-order valence-corrected chi connectivity index (χ0v) is 33.2. The first kappa shape index (κ1) is 40.0. The van der Waals surface area contributed by atoms with Crippen molar-refractivity contribution in [2.75, 3.05) is 7.11 Å². The lowest BCUT2D eigenvalue weighted by Gasteiger charge is -2.30. The third kappa shape index (κ3) is 6.66. The molecule has 0 spiro atoms. The minimum atomic E-state index is -2.43. The van der Waals surface area contributed by atoms with Gasteiger partial charge in [-0.05, 0) is 151 Å². The maximum atomic E-state index is 13.6. The first-order chi connectivity index (χ1) is 24.1. The molecule has 0 aromatic heterocycles. The first-order valence-electron chi connectivity index (χ1n) is 15.6. The number of rotatable bonds is 8. The SMILES string of the molecule is COC1=CC(=O)C=C(C)[C@]1(O)C(=O)Oc1c(C)c(C)c(C(=O)Oc2cc(C)c(C(=O)Oc3c(C)c(C)c(C(=O)O)c(Br)c3C)c(C)c2C)c(O)c1Br. The Hall–Kier alpha value is -4.79. The standard InChI is InChI=1S/C38H36Br2O12/c1-14-11-24(16(3)17(4)26(14)35(45)51-32-20(7)18(5)27(34(43)44)29(39)22(32)9)50-36(46)28-19(6)21(8)33(30(40)31(28)42)52-37(47)38(48)15(2)12-23(41)13-25(38)49-10/h11-13,42,48H,1-10H3,(H,43,44)/t38-/m1/s1. The number of phenolic OH excluding ortho intramolecular Hbond substituents is 1. The molecule has 1 aliphatic carbocycles. The largest absolute Gasteiger partial charge is 0.506 e. The molecule has 0 fully saturated rings. The van der Waals surface area contributed by atoms with E-state index in [1.54, 1.807) is 41.5 Å². The lowest BCUT2D eigenvalue weighted by Crippen LogP contribution is -2.47. The minimum absolute atomic E-state index is 0.0419. The molecule has 3 aromatic rings. The zero-order chi connectivity index (χ0) is 39.3. The fourth-order valence-corrected chi connectivity index (χ4v) is 7.19. The van der Waals surface area contributed by atoms with E-state index in [0.29, 0.717) is 37.9 Å². The van der Waals surface area contributed by atoms with Gasteiger partial charge in [0.05, 0.1) is 18.2 Å². The summed E-state index contributed by atoms with van der Waals surface area (Å²) in [6, 6.07) is 1.49. The summed E-state index contributed by atoms with van der Waals surface area (Å²) < 4.78 is 22.4. The van der Waals surface area contributed by atoms with Crippen LogP contribution in [-0.2, 0) is 14.3 Å². The van der Waals surface area contributed by atoms with Crippen LogP contribution in [-0.4, -0.2) is 57.7 Å². The van der Waals surface area contributed by atoms with E-state index >= 15 is 0 Å². The van der Waals surface area contributed by atoms with Gasteiger partial charge in [-0.2, -0.15) is 0 Å². The molecule has 0 amide bonds. The number of carbonyl (C=O) groups is 5. The summed E-state index contributed by atoms with van der Waals surface area (Å²) in [6.07, 6.45) is 2.03. The van der Waals surface area contributed by atoms with E-state index in [-0.39, 0.29) is 60.9 Å². The highest BCUT2D eigenvalue weighted by Gasteiger charge is 2.48. The number of ether oxygens (including phenoxy) is 4. The number of carboxylic acid groups (broad SMARTS) is 1. The van der Waals surface area contributed by atoms with Crippen LogP contribution < -0.4 is 14.2 Å². The molecule has 1 aliphatic rings. The van der Waals surface area contributed by atoms with Gasteiger partial charge in [0.25, 0.3) is 0 Å². The summed E-state index contributed by atoms with van der Waals surface area (Å²) in [5.74, 6) is -5.30. The maximum Gasteiger partial charge on any atom is 0.356 e. The number of aryl methyl sites for hydroxylation is 1. The van der Waals surface area contributed by atoms with Crippen LogP contribution in [0.5, 0.6) is 23.0 Å². The number of halogens is 2.